The molecule has 2 aromatic heterocycles. The second-order valence-corrected chi connectivity index (χ2v) is 5.79. The van der Waals surface area contributed by atoms with Crippen molar-refractivity contribution < 1.29 is 0 Å². The molecule has 0 aliphatic heterocycles. The van der Waals surface area contributed by atoms with Gasteiger partial charge < -0.3 is 0 Å². The molecule has 0 unspecified atom stereocenters. The summed E-state index contributed by atoms with van der Waals surface area (Å²) in [5, 5.41) is 2.83. The molecule has 96 valence electrons. The number of aromatic nitrogens is 1. The molecule has 3 aromatic rings. The first-order chi connectivity index (χ1) is 9.20. The summed E-state index contributed by atoms with van der Waals surface area (Å²) in [7, 11) is 0. The van der Waals surface area contributed by atoms with Gasteiger partial charge in [0.15, 0.2) is 0 Å². The van der Waals surface area contributed by atoms with E-state index >= 15 is 0 Å². The van der Waals surface area contributed by atoms with Gasteiger partial charge in [0.2, 0.25) is 0 Å². The number of pyridine rings is 1. The van der Waals surface area contributed by atoms with Crippen molar-refractivity contribution in [2.24, 2.45) is 0 Å². The van der Waals surface area contributed by atoms with Gasteiger partial charge in [0, 0.05) is 22.0 Å². The molecule has 0 atom stereocenters. The highest BCUT2D eigenvalue weighted by Gasteiger charge is 2.23. The largest absolute Gasteiger partial charge is 0.279 e. The number of hydrogen-bond acceptors (Lipinski definition) is 1. The first-order valence-electron chi connectivity index (χ1n) is 6.77. The van der Waals surface area contributed by atoms with Crippen molar-refractivity contribution in [1.82, 2.24) is 4.40 Å². The summed E-state index contributed by atoms with van der Waals surface area (Å²) in [6.45, 7) is 1.82. The van der Waals surface area contributed by atoms with Crippen molar-refractivity contribution in [3.05, 3.63) is 50.4 Å². The third-order valence-corrected chi connectivity index (χ3v) is 4.87. The Balaban J connectivity index is 2.38. The highest BCUT2D eigenvalue weighted by Crippen LogP contribution is 2.36. The van der Waals surface area contributed by atoms with Gasteiger partial charge in [-0.25, -0.2) is 0 Å². The van der Waals surface area contributed by atoms with Crippen molar-refractivity contribution in [1.29, 1.82) is 0 Å². The molecular formula is C16H14ClNO. The zero-order valence-electron chi connectivity index (χ0n) is 10.8. The Morgan fingerprint density at radius 1 is 1.16 bits per heavy atom. The topological polar surface area (TPSA) is 21.5 Å². The maximum Gasteiger partial charge on any atom is 0.259 e. The fraction of sp³-hybridized carbons (Fsp3) is 0.312. The molecule has 1 aliphatic rings. The minimum atomic E-state index is 0.0526. The Labute approximate surface area is 116 Å². The normalized spacial score (nSPS) is 15.3. The summed E-state index contributed by atoms with van der Waals surface area (Å²) in [6.07, 6.45) is 4.46. The fourth-order valence-corrected chi connectivity index (χ4v) is 3.69. The van der Waals surface area contributed by atoms with Crippen LogP contribution in [-0.2, 0) is 12.8 Å². The Morgan fingerprint density at radius 2 is 1.89 bits per heavy atom. The zero-order chi connectivity index (χ0) is 13.1. The van der Waals surface area contributed by atoms with Crippen LogP contribution in [0.3, 0.4) is 0 Å². The van der Waals surface area contributed by atoms with E-state index < -0.39 is 0 Å². The summed E-state index contributed by atoms with van der Waals surface area (Å²) >= 11 is 6.37. The van der Waals surface area contributed by atoms with Gasteiger partial charge in [-0.05, 0) is 38.2 Å². The standard InChI is InChI=1S/C16H14ClNO/c1-9-14(17)12-7-4-6-11-10-5-2-3-8-13(10)18(15(11)12)16(9)19/h4,6-7H,2-3,5,8H2,1H3. The summed E-state index contributed by atoms with van der Waals surface area (Å²) in [4.78, 5) is 12.6. The van der Waals surface area contributed by atoms with E-state index in [0.29, 0.717) is 10.6 Å². The quantitative estimate of drug-likeness (QED) is 0.610. The smallest absolute Gasteiger partial charge is 0.259 e. The summed E-state index contributed by atoms with van der Waals surface area (Å²) < 4.78 is 1.92. The molecule has 0 fully saturated rings. The van der Waals surface area contributed by atoms with Crippen molar-refractivity contribution in [3.63, 3.8) is 0 Å². The number of benzene rings is 1. The van der Waals surface area contributed by atoms with Gasteiger partial charge in [0.05, 0.1) is 10.5 Å². The van der Waals surface area contributed by atoms with Crippen molar-refractivity contribution in [3.8, 4) is 0 Å². The number of nitrogens with zero attached hydrogens (tertiary/aromatic N) is 1. The maximum atomic E-state index is 12.6. The van der Waals surface area contributed by atoms with Crippen LogP contribution in [0.5, 0.6) is 0 Å². The van der Waals surface area contributed by atoms with Crippen LogP contribution in [0.4, 0.5) is 0 Å². The number of fused-ring (bicyclic) bond motifs is 3. The number of rotatable bonds is 0. The third-order valence-electron chi connectivity index (χ3n) is 4.38. The lowest BCUT2D eigenvalue weighted by molar-refractivity contribution is 0.668. The molecule has 3 heteroatoms. The predicted octanol–water partition coefficient (Wildman–Crippen LogP) is 3.73. The summed E-state index contributed by atoms with van der Waals surface area (Å²) in [5.74, 6) is 0. The second-order valence-electron chi connectivity index (χ2n) is 5.41. The molecule has 4 rings (SSSR count). The number of aryl methyl sites for hydroxylation is 2. The molecular weight excluding hydrogens is 258 g/mol. The third kappa shape index (κ3) is 1.30. The number of para-hydroxylation sites is 1. The van der Waals surface area contributed by atoms with Crippen LogP contribution in [0.2, 0.25) is 5.02 Å². The van der Waals surface area contributed by atoms with Crippen LogP contribution >= 0.6 is 11.6 Å². The van der Waals surface area contributed by atoms with E-state index in [9.17, 15) is 4.79 Å². The minimum Gasteiger partial charge on any atom is -0.279 e. The van der Waals surface area contributed by atoms with Gasteiger partial charge in [-0.3, -0.25) is 9.20 Å². The monoisotopic (exact) mass is 271 g/mol. The van der Waals surface area contributed by atoms with Gasteiger partial charge in [-0.1, -0.05) is 29.8 Å². The molecule has 2 heterocycles. The van der Waals surface area contributed by atoms with Crippen LogP contribution < -0.4 is 5.56 Å². The second kappa shape index (κ2) is 3.73. The zero-order valence-corrected chi connectivity index (χ0v) is 11.5. The molecule has 0 radical (unpaired) electrons. The lowest BCUT2D eigenvalue weighted by Gasteiger charge is -2.12. The summed E-state index contributed by atoms with van der Waals surface area (Å²) in [6, 6.07) is 6.18. The van der Waals surface area contributed by atoms with E-state index in [4.69, 9.17) is 11.6 Å². The molecule has 0 spiro atoms. The van der Waals surface area contributed by atoms with Gasteiger partial charge in [-0.2, -0.15) is 0 Å². The van der Waals surface area contributed by atoms with E-state index in [0.717, 1.165) is 23.7 Å². The first-order valence-corrected chi connectivity index (χ1v) is 7.14. The number of halogens is 1. The molecule has 0 amide bonds. The van der Waals surface area contributed by atoms with E-state index in [2.05, 4.69) is 6.07 Å². The van der Waals surface area contributed by atoms with E-state index in [1.807, 2.05) is 23.5 Å². The SMILES string of the molecule is Cc1c(Cl)c2cccc3c4c(n(c1=O)c23)CCCC4. The van der Waals surface area contributed by atoms with Gasteiger partial charge in [-0.15, -0.1) is 0 Å². The van der Waals surface area contributed by atoms with E-state index in [1.54, 1.807) is 0 Å². The van der Waals surface area contributed by atoms with E-state index in [1.165, 1.54) is 29.5 Å². The van der Waals surface area contributed by atoms with Crippen LogP contribution in [-0.4, -0.2) is 4.40 Å². The van der Waals surface area contributed by atoms with Crippen LogP contribution in [0.1, 0.15) is 29.7 Å². The molecule has 0 N–H and O–H groups in total. The Hall–Kier alpha value is -1.54. The van der Waals surface area contributed by atoms with E-state index in [-0.39, 0.29) is 5.56 Å². The lowest BCUT2D eigenvalue weighted by Crippen LogP contribution is -2.19. The van der Waals surface area contributed by atoms with Crippen molar-refractivity contribution in [2.45, 2.75) is 32.6 Å². The first kappa shape index (κ1) is 11.3. The average Bonchev–Trinajstić information content (AvgIpc) is 2.78. The fourth-order valence-electron chi connectivity index (χ4n) is 3.45. The van der Waals surface area contributed by atoms with Crippen molar-refractivity contribution >= 4 is 27.9 Å². The highest BCUT2D eigenvalue weighted by molar-refractivity contribution is 6.36. The maximum absolute atomic E-state index is 12.6. The predicted molar refractivity (Wildman–Crippen MR) is 78.7 cm³/mol. The van der Waals surface area contributed by atoms with Crippen LogP contribution in [0.15, 0.2) is 23.0 Å². The molecule has 1 aromatic carbocycles. The molecule has 0 bridgehead atoms. The summed E-state index contributed by atoms with van der Waals surface area (Å²) in [5.41, 5.74) is 4.30. The Kier molecular flexibility index (Phi) is 2.22. The lowest BCUT2D eigenvalue weighted by atomic mass is 9.95. The van der Waals surface area contributed by atoms with Crippen molar-refractivity contribution in [2.75, 3.05) is 0 Å². The van der Waals surface area contributed by atoms with Crippen LogP contribution in [0, 0.1) is 6.92 Å². The van der Waals surface area contributed by atoms with Crippen LogP contribution in [0.25, 0.3) is 16.3 Å². The Morgan fingerprint density at radius 3 is 2.74 bits per heavy atom. The molecule has 2 nitrogen and oxygen atoms in total. The number of hydrogen-bond donors (Lipinski definition) is 0. The molecule has 19 heavy (non-hydrogen) atoms. The van der Waals surface area contributed by atoms with Gasteiger partial charge in [0.1, 0.15) is 0 Å². The van der Waals surface area contributed by atoms with Gasteiger partial charge >= 0.3 is 0 Å². The molecule has 0 saturated heterocycles. The minimum absolute atomic E-state index is 0.0526. The molecule has 1 aliphatic carbocycles. The highest BCUT2D eigenvalue weighted by atomic mass is 35.5. The average molecular weight is 272 g/mol. The molecule has 0 saturated carbocycles. The van der Waals surface area contributed by atoms with Gasteiger partial charge in [0.25, 0.3) is 5.56 Å². The Bertz CT molecular complexity index is 862.